The summed E-state index contributed by atoms with van der Waals surface area (Å²) in [6.07, 6.45) is -5.53. The van der Waals surface area contributed by atoms with E-state index < -0.39 is 98.5 Å². The SMILES string of the molecule is CC(C)CN(C[C@@H](O)[C@H](Cc1ccc(OCCCOC(=O)Oc2ccc([N+](=O)[O-])cc2)cc1)NC(=O)O[C@H]1CO[C@H]2OCC[C@H]21)S(=O)(=O)c1ccc2c(c1)OCO2.CC(C)CN(C[C@@H](O)[C@H](Cc1ccc(OCCCOC(N)=O)cc1)NC(=O)O[C@H]1CO[C@H]2OCC[C@H]21)S(=O)(=O)c1ccc2c(c1)OCO2. The van der Waals surface area contributed by atoms with Crippen molar-refractivity contribution in [3.05, 3.63) is 130 Å². The van der Waals surface area contributed by atoms with Crippen LogP contribution in [0.5, 0.6) is 40.2 Å². The molecule has 572 valence electrons. The molecule has 6 heterocycles. The van der Waals surface area contributed by atoms with Gasteiger partial charge in [0.05, 0.1) is 104 Å². The lowest BCUT2D eigenvalue weighted by atomic mass is 10.0. The highest BCUT2D eigenvalue weighted by molar-refractivity contribution is 7.89. The molecule has 0 aromatic heterocycles. The number of rotatable bonds is 34. The monoisotopic (exact) mass is 1510 g/mol. The summed E-state index contributed by atoms with van der Waals surface area (Å²) in [6, 6.07) is 25.7. The van der Waals surface area contributed by atoms with E-state index in [2.05, 4.69) is 10.6 Å². The van der Waals surface area contributed by atoms with Gasteiger partial charge in [-0.15, -0.1) is 0 Å². The van der Waals surface area contributed by atoms with Crippen LogP contribution in [0.2, 0.25) is 0 Å². The van der Waals surface area contributed by atoms with Crippen LogP contribution in [0.3, 0.4) is 0 Å². The number of carbonyl (C=O) groups excluding carboxylic acids is 4. The maximum Gasteiger partial charge on any atom is 0.513 e. The average molecular weight is 1510 g/mol. The van der Waals surface area contributed by atoms with Crippen LogP contribution in [-0.4, -0.2) is 207 Å². The first kappa shape index (κ1) is 78.5. The Morgan fingerprint density at radius 2 is 0.981 bits per heavy atom. The molecule has 6 N–H and O–H groups in total. The van der Waals surface area contributed by atoms with Crippen molar-refractivity contribution in [3.8, 4) is 40.2 Å². The van der Waals surface area contributed by atoms with Crippen LogP contribution in [0.1, 0.15) is 64.5 Å². The first-order chi connectivity index (χ1) is 50.3. The molecule has 0 bridgehead atoms. The van der Waals surface area contributed by atoms with Gasteiger partial charge in [-0.2, -0.15) is 8.61 Å². The van der Waals surface area contributed by atoms with Crippen molar-refractivity contribution in [2.75, 3.05) is 92.6 Å². The number of nitrogens with zero attached hydrogens (tertiary/aromatic N) is 3. The molecule has 105 heavy (non-hydrogen) atoms. The van der Waals surface area contributed by atoms with E-state index in [0.717, 1.165) is 5.56 Å². The van der Waals surface area contributed by atoms with Crippen molar-refractivity contribution < 1.29 is 122 Å². The lowest BCUT2D eigenvalue weighted by Crippen LogP contribution is -2.51. The average Bonchev–Trinajstić information content (AvgIpc) is 1.36. The van der Waals surface area contributed by atoms with Crippen LogP contribution in [-0.2, 0) is 70.8 Å². The molecule has 4 fully saturated rings. The van der Waals surface area contributed by atoms with Crippen LogP contribution in [0, 0.1) is 33.8 Å². The maximum atomic E-state index is 14.0. The molecule has 0 radical (unpaired) electrons. The molecule has 3 amide bonds. The van der Waals surface area contributed by atoms with Crippen LogP contribution in [0.4, 0.5) is 24.9 Å². The van der Waals surface area contributed by atoms with Gasteiger partial charge in [0.2, 0.25) is 33.6 Å². The first-order valence-electron chi connectivity index (χ1n) is 34.4. The Balaban J connectivity index is 0.000000228. The van der Waals surface area contributed by atoms with E-state index in [4.69, 9.17) is 76.8 Å². The second-order valence-electron chi connectivity index (χ2n) is 26.3. The van der Waals surface area contributed by atoms with Gasteiger partial charge in [0.25, 0.3) is 5.69 Å². The summed E-state index contributed by atoms with van der Waals surface area (Å²) in [5.41, 5.74) is 6.26. The number of hydrogen-bond donors (Lipinski definition) is 5. The normalized spacial score (nSPS) is 20.2. The number of benzene rings is 5. The molecule has 5 aromatic rings. The van der Waals surface area contributed by atoms with Crippen molar-refractivity contribution in [3.63, 3.8) is 0 Å². The topological polar surface area (TPSA) is 415 Å². The first-order valence-corrected chi connectivity index (χ1v) is 37.2. The number of nitro groups is 1. The number of amides is 3. The fourth-order valence-corrected chi connectivity index (χ4v) is 15.5. The van der Waals surface area contributed by atoms with Gasteiger partial charge in [-0.05, 0) is 109 Å². The second-order valence-corrected chi connectivity index (χ2v) is 30.1. The van der Waals surface area contributed by atoms with Gasteiger partial charge in [0.15, 0.2) is 35.6 Å². The summed E-state index contributed by atoms with van der Waals surface area (Å²) >= 11 is 0. The number of carbonyl (C=O) groups is 4. The second kappa shape index (κ2) is 36.8. The Kier molecular flexibility index (Phi) is 27.5. The molecule has 5 aromatic carbocycles. The Morgan fingerprint density at radius 1 is 0.562 bits per heavy atom. The van der Waals surface area contributed by atoms with E-state index >= 15 is 0 Å². The zero-order valence-corrected chi connectivity index (χ0v) is 59.9. The summed E-state index contributed by atoms with van der Waals surface area (Å²) in [4.78, 5) is 59.4. The minimum Gasteiger partial charge on any atom is -0.493 e. The van der Waals surface area contributed by atoms with Crippen LogP contribution >= 0.6 is 0 Å². The predicted molar refractivity (Wildman–Crippen MR) is 367 cm³/mol. The van der Waals surface area contributed by atoms with Gasteiger partial charge >= 0.3 is 24.4 Å². The van der Waals surface area contributed by atoms with Crippen molar-refractivity contribution in [2.24, 2.45) is 29.4 Å². The van der Waals surface area contributed by atoms with Gasteiger partial charge in [0, 0.05) is 63.3 Å². The number of sulfonamides is 2. The van der Waals surface area contributed by atoms with Gasteiger partial charge in [0.1, 0.15) is 29.5 Å². The van der Waals surface area contributed by atoms with Gasteiger partial charge in [-0.1, -0.05) is 52.0 Å². The summed E-state index contributed by atoms with van der Waals surface area (Å²) in [5, 5.41) is 39.6. The number of ether oxygens (including phenoxy) is 15. The van der Waals surface area contributed by atoms with E-state index in [9.17, 15) is 56.3 Å². The van der Waals surface area contributed by atoms with Gasteiger partial charge in [-0.3, -0.25) is 10.1 Å². The summed E-state index contributed by atoms with van der Waals surface area (Å²) in [5.74, 6) is 2.31. The molecule has 0 spiro atoms. The van der Waals surface area contributed by atoms with Crippen molar-refractivity contribution in [2.45, 2.75) is 125 Å². The lowest BCUT2D eigenvalue weighted by Gasteiger charge is -2.31. The molecule has 10 atom stereocenters. The van der Waals surface area contributed by atoms with Crippen LogP contribution in [0.25, 0.3) is 0 Å². The molecule has 0 aliphatic carbocycles. The van der Waals surface area contributed by atoms with E-state index in [-0.39, 0.29) is 131 Å². The number of alkyl carbamates (subject to hydrolysis) is 2. The number of aliphatic hydroxyl groups is 2. The molecule has 0 unspecified atom stereocenters. The number of nitro benzene ring substituents is 1. The largest absolute Gasteiger partial charge is 0.513 e. The molecular weight excluding hydrogens is 1420 g/mol. The number of fused-ring (bicyclic) bond motifs is 4. The van der Waals surface area contributed by atoms with E-state index in [1.807, 2.05) is 27.7 Å². The molecule has 0 saturated carbocycles. The zero-order valence-electron chi connectivity index (χ0n) is 58.3. The number of nitrogens with one attached hydrogen (secondary N) is 2. The van der Waals surface area contributed by atoms with Crippen LogP contribution in [0.15, 0.2) is 119 Å². The van der Waals surface area contributed by atoms with Crippen molar-refractivity contribution in [1.29, 1.82) is 0 Å². The number of aliphatic hydroxyl groups excluding tert-OH is 2. The number of hydrogen-bond acceptors (Lipinski definition) is 27. The van der Waals surface area contributed by atoms with Gasteiger partial charge < -0.3 is 97.6 Å². The highest BCUT2D eigenvalue weighted by atomic mass is 32.2. The molecular formula is C70H88N6O27S2. The molecule has 11 rings (SSSR count). The smallest absolute Gasteiger partial charge is 0.493 e. The molecule has 35 heteroatoms. The quantitative estimate of drug-likeness (QED) is 0.00705. The zero-order chi connectivity index (χ0) is 74.8. The number of non-ortho nitro benzene ring substituents is 1. The van der Waals surface area contributed by atoms with E-state index in [0.29, 0.717) is 85.6 Å². The number of primary amides is 1. The Hall–Kier alpha value is -9.04. The third-order valence-electron chi connectivity index (χ3n) is 17.5. The van der Waals surface area contributed by atoms with E-state index in [1.165, 1.54) is 69.3 Å². The highest BCUT2D eigenvalue weighted by Crippen LogP contribution is 2.38. The fourth-order valence-electron chi connectivity index (χ4n) is 12.2. The molecule has 6 aliphatic heterocycles. The minimum absolute atomic E-state index is 0.00284. The number of nitrogens with two attached hydrogens (primary N) is 1. The van der Waals surface area contributed by atoms with Crippen LogP contribution < -0.4 is 49.5 Å². The molecule has 6 aliphatic rings. The standard InChI is InChI=1S/C38H45N3O15S.C32H43N3O12S/c1-24(2)20-40(57(47,48)29-12-13-33-34(19-29)54-23-53-33)21-32(42)31(39-37(43)56-35-22-52-36-30(35)14-17-50-36)18-25-4-8-27(9-5-25)49-15-3-16-51-38(44)55-28-10-6-26(7-11-28)41(45)46;1-20(2)16-35(48(39,40)23-8-9-27-28(15-23)46-19-45-27)17-26(36)25(34-32(38)47-29-18-44-30-24(29)10-13-42-30)14-21-4-6-22(7-5-21)41-11-3-12-43-31(33)37/h4-13,19,24,30-32,35-36,42H,3,14-18,20-23H2,1-2H3,(H,39,43);4-9,15,20,24-26,29-30,36H,3,10-14,16-19H2,1-2H3,(H2,33,37)(H,34,38)/t30-,31-,32+,35-,36+;24-,25-,26+,29-,30+/m00/s1. The third kappa shape index (κ3) is 22.0. The van der Waals surface area contributed by atoms with Crippen molar-refractivity contribution in [1.82, 2.24) is 19.2 Å². The van der Waals surface area contributed by atoms with Gasteiger partial charge in [-0.25, -0.2) is 36.0 Å². The Morgan fingerprint density at radius 3 is 1.40 bits per heavy atom. The third-order valence-corrected chi connectivity index (χ3v) is 21.1. The minimum atomic E-state index is -4.13. The lowest BCUT2D eigenvalue weighted by molar-refractivity contribution is -0.384. The molecule has 4 saturated heterocycles. The summed E-state index contributed by atoms with van der Waals surface area (Å²) in [7, 11) is -8.21. The van der Waals surface area contributed by atoms with Crippen molar-refractivity contribution >= 4 is 50.2 Å². The van der Waals surface area contributed by atoms with E-state index in [1.54, 1.807) is 48.5 Å². The fraction of sp³-hybridized carbons (Fsp3) is 0.514. The highest BCUT2D eigenvalue weighted by Gasteiger charge is 2.46. The summed E-state index contributed by atoms with van der Waals surface area (Å²) in [6.45, 7) is 9.00. The predicted octanol–water partition coefficient (Wildman–Crippen LogP) is 6.80. The maximum absolute atomic E-state index is 14.0. The Bertz CT molecular complexity index is 3970. The summed E-state index contributed by atoms with van der Waals surface area (Å²) < 4.78 is 139. The Labute approximate surface area is 606 Å². The molecule has 33 nitrogen and oxygen atoms in total.